The third-order valence-corrected chi connectivity index (χ3v) is 6.90. The molecule has 0 radical (unpaired) electrons. The maximum absolute atomic E-state index is 13.3. The molecule has 27 heavy (non-hydrogen) atoms. The van der Waals surface area contributed by atoms with Crippen LogP contribution >= 0.6 is 0 Å². The van der Waals surface area contributed by atoms with Gasteiger partial charge in [0.15, 0.2) is 0 Å². The van der Waals surface area contributed by atoms with Crippen LogP contribution < -0.4 is 0 Å². The van der Waals surface area contributed by atoms with E-state index >= 15 is 0 Å². The van der Waals surface area contributed by atoms with Crippen LogP contribution in [0.4, 0.5) is 4.39 Å². The van der Waals surface area contributed by atoms with E-state index in [1.807, 2.05) is 18.2 Å². The highest BCUT2D eigenvalue weighted by Crippen LogP contribution is 2.25. The van der Waals surface area contributed by atoms with Crippen molar-refractivity contribution in [2.24, 2.45) is 0 Å². The molecule has 0 bridgehead atoms. The Balaban J connectivity index is 1.64. The van der Waals surface area contributed by atoms with E-state index < -0.39 is 10.0 Å². The number of hydrogen-bond donors (Lipinski definition) is 0. The third kappa shape index (κ3) is 4.75. The summed E-state index contributed by atoms with van der Waals surface area (Å²) in [7, 11) is -3.48. The monoisotopic (exact) mass is 390 g/mol. The van der Waals surface area contributed by atoms with E-state index in [-0.39, 0.29) is 11.2 Å². The zero-order valence-corrected chi connectivity index (χ0v) is 17.0. The average Bonchev–Trinajstić information content (AvgIpc) is 2.62. The summed E-state index contributed by atoms with van der Waals surface area (Å²) in [4.78, 5) is 2.50. The Kier molecular flexibility index (Phi) is 5.70. The van der Waals surface area contributed by atoms with Crippen molar-refractivity contribution in [1.82, 2.24) is 9.21 Å². The first-order valence-electron chi connectivity index (χ1n) is 9.24. The van der Waals surface area contributed by atoms with Crippen molar-refractivity contribution in [2.75, 3.05) is 26.2 Å². The van der Waals surface area contributed by atoms with E-state index in [1.165, 1.54) is 12.1 Å². The van der Waals surface area contributed by atoms with Crippen LogP contribution in [0.1, 0.15) is 31.9 Å². The van der Waals surface area contributed by atoms with E-state index in [0.29, 0.717) is 37.6 Å². The molecule has 146 valence electrons. The molecule has 0 amide bonds. The van der Waals surface area contributed by atoms with Crippen LogP contribution in [0.15, 0.2) is 53.4 Å². The lowest BCUT2D eigenvalue weighted by Gasteiger charge is -2.34. The summed E-state index contributed by atoms with van der Waals surface area (Å²) >= 11 is 0. The molecule has 2 aromatic rings. The normalized spacial score (nSPS) is 17.2. The Labute approximate surface area is 161 Å². The van der Waals surface area contributed by atoms with E-state index in [1.54, 1.807) is 22.5 Å². The second kappa shape index (κ2) is 7.70. The van der Waals surface area contributed by atoms with Gasteiger partial charge in [0.1, 0.15) is 5.82 Å². The molecule has 3 rings (SSSR count). The van der Waals surface area contributed by atoms with Crippen LogP contribution in [-0.2, 0) is 22.0 Å². The van der Waals surface area contributed by atoms with Crippen molar-refractivity contribution in [1.29, 1.82) is 0 Å². The minimum absolute atomic E-state index is 0.00910. The Morgan fingerprint density at radius 3 is 2.15 bits per heavy atom. The lowest BCUT2D eigenvalue weighted by atomic mass is 9.87. The van der Waals surface area contributed by atoms with Crippen molar-refractivity contribution in [3.8, 4) is 0 Å². The zero-order chi connectivity index (χ0) is 19.7. The van der Waals surface area contributed by atoms with E-state index in [2.05, 4.69) is 25.7 Å². The molecule has 0 unspecified atom stereocenters. The van der Waals surface area contributed by atoms with Gasteiger partial charge in [-0.25, -0.2) is 12.8 Å². The molecule has 0 saturated carbocycles. The summed E-state index contributed by atoms with van der Waals surface area (Å²) in [6.07, 6.45) is 0. The standard InChI is InChI=1S/C21H27FN2O2S/c1-21(2,3)18-7-9-20(10-8-18)27(25,26)24-13-11-23(12-14-24)16-17-5-4-6-19(22)15-17/h4-10,15H,11-14,16H2,1-3H3. The molecule has 1 aliphatic rings. The minimum atomic E-state index is -3.48. The summed E-state index contributed by atoms with van der Waals surface area (Å²) in [5.74, 6) is -0.243. The fourth-order valence-electron chi connectivity index (χ4n) is 3.30. The van der Waals surface area contributed by atoms with Crippen LogP contribution in [0.5, 0.6) is 0 Å². The van der Waals surface area contributed by atoms with Gasteiger partial charge in [0.05, 0.1) is 4.90 Å². The number of nitrogens with zero attached hydrogens (tertiary/aromatic N) is 2. The van der Waals surface area contributed by atoms with Crippen molar-refractivity contribution >= 4 is 10.0 Å². The van der Waals surface area contributed by atoms with Gasteiger partial charge in [-0.05, 0) is 40.8 Å². The van der Waals surface area contributed by atoms with Gasteiger partial charge in [0, 0.05) is 32.7 Å². The summed E-state index contributed by atoms with van der Waals surface area (Å²) in [5.41, 5.74) is 2.01. The Bertz CT molecular complexity index is 881. The maximum Gasteiger partial charge on any atom is 0.243 e. The van der Waals surface area contributed by atoms with Gasteiger partial charge in [0.25, 0.3) is 0 Å². The van der Waals surface area contributed by atoms with Crippen molar-refractivity contribution in [3.63, 3.8) is 0 Å². The smallest absolute Gasteiger partial charge is 0.243 e. The van der Waals surface area contributed by atoms with Gasteiger partial charge in [-0.15, -0.1) is 0 Å². The van der Waals surface area contributed by atoms with Crippen molar-refractivity contribution in [3.05, 3.63) is 65.5 Å². The molecule has 1 heterocycles. The molecular formula is C21H27FN2O2S. The van der Waals surface area contributed by atoms with Crippen LogP contribution in [0.25, 0.3) is 0 Å². The predicted molar refractivity (Wildman–Crippen MR) is 106 cm³/mol. The highest BCUT2D eigenvalue weighted by Gasteiger charge is 2.28. The second-order valence-electron chi connectivity index (χ2n) is 8.08. The average molecular weight is 391 g/mol. The van der Waals surface area contributed by atoms with Crippen LogP contribution in [-0.4, -0.2) is 43.8 Å². The predicted octanol–water partition coefficient (Wildman–Crippen LogP) is 3.63. The van der Waals surface area contributed by atoms with Crippen LogP contribution in [0.2, 0.25) is 0 Å². The SMILES string of the molecule is CC(C)(C)c1ccc(S(=O)(=O)N2CCN(Cc3cccc(F)c3)CC2)cc1. The van der Waals surface area contributed by atoms with Crippen molar-refractivity contribution in [2.45, 2.75) is 37.6 Å². The quantitative estimate of drug-likeness (QED) is 0.800. The molecule has 4 nitrogen and oxygen atoms in total. The van der Waals surface area contributed by atoms with E-state index in [9.17, 15) is 12.8 Å². The first-order valence-corrected chi connectivity index (χ1v) is 10.7. The molecule has 1 aliphatic heterocycles. The summed E-state index contributed by atoms with van der Waals surface area (Å²) in [6, 6.07) is 13.7. The largest absolute Gasteiger partial charge is 0.296 e. The molecule has 0 N–H and O–H groups in total. The Morgan fingerprint density at radius 2 is 1.59 bits per heavy atom. The van der Waals surface area contributed by atoms with Crippen LogP contribution in [0.3, 0.4) is 0 Å². The fraction of sp³-hybridized carbons (Fsp3) is 0.429. The summed E-state index contributed by atoms with van der Waals surface area (Å²) < 4.78 is 40.7. The van der Waals surface area contributed by atoms with Gasteiger partial charge in [-0.1, -0.05) is 45.0 Å². The van der Waals surface area contributed by atoms with Gasteiger partial charge in [0.2, 0.25) is 10.0 Å². The number of rotatable bonds is 4. The molecule has 1 fully saturated rings. The highest BCUT2D eigenvalue weighted by molar-refractivity contribution is 7.89. The van der Waals surface area contributed by atoms with Crippen LogP contribution in [0, 0.1) is 5.82 Å². The minimum Gasteiger partial charge on any atom is -0.296 e. The number of piperazine rings is 1. The molecule has 0 spiro atoms. The Morgan fingerprint density at radius 1 is 0.963 bits per heavy atom. The Hall–Kier alpha value is -1.76. The third-order valence-electron chi connectivity index (χ3n) is 4.98. The second-order valence-corrected chi connectivity index (χ2v) is 10.0. The zero-order valence-electron chi connectivity index (χ0n) is 16.2. The molecule has 6 heteroatoms. The molecule has 1 saturated heterocycles. The molecule has 0 aliphatic carbocycles. The first-order chi connectivity index (χ1) is 12.7. The number of benzene rings is 2. The topological polar surface area (TPSA) is 40.6 Å². The molecule has 0 aromatic heterocycles. The first kappa shape index (κ1) is 20.0. The number of sulfonamides is 1. The lowest BCUT2D eigenvalue weighted by Crippen LogP contribution is -2.48. The highest BCUT2D eigenvalue weighted by atomic mass is 32.2. The van der Waals surface area contributed by atoms with Gasteiger partial charge >= 0.3 is 0 Å². The summed E-state index contributed by atoms with van der Waals surface area (Å²) in [5, 5.41) is 0. The van der Waals surface area contributed by atoms with Crippen molar-refractivity contribution < 1.29 is 12.8 Å². The van der Waals surface area contributed by atoms with E-state index in [0.717, 1.165) is 11.1 Å². The van der Waals surface area contributed by atoms with E-state index in [4.69, 9.17) is 0 Å². The number of halogens is 1. The van der Waals surface area contributed by atoms with Gasteiger partial charge < -0.3 is 0 Å². The molecule has 0 atom stereocenters. The molecular weight excluding hydrogens is 363 g/mol. The fourth-order valence-corrected chi connectivity index (χ4v) is 4.72. The van der Waals surface area contributed by atoms with Gasteiger partial charge in [-0.3, -0.25) is 4.90 Å². The van der Waals surface area contributed by atoms with Gasteiger partial charge in [-0.2, -0.15) is 4.31 Å². The lowest BCUT2D eigenvalue weighted by molar-refractivity contribution is 0.181. The molecule has 2 aromatic carbocycles. The number of hydrogen-bond acceptors (Lipinski definition) is 3. The summed E-state index contributed by atoms with van der Waals surface area (Å²) in [6.45, 7) is 9.10. The maximum atomic E-state index is 13.3.